The number of nitrogens with zero attached hydrogens (tertiary/aromatic N) is 6. The van der Waals surface area contributed by atoms with E-state index in [4.69, 9.17) is 19.9 Å². The van der Waals surface area contributed by atoms with Crippen LogP contribution in [0.4, 0.5) is 0 Å². The van der Waals surface area contributed by atoms with E-state index in [1.807, 2.05) is 36.5 Å². The Bertz CT molecular complexity index is 3860. The van der Waals surface area contributed by atoms with Gasteiger partial charge in [-0.2, -0.15) is 0 Å². The number of pyridine rings is 2. The van der Waals surface area contributed by atoms with Gasteiger partial charge in [-0.15, -0.1) is 11.3 Å². The van der Waals surface area contributed by atoms with Crippen LogP contribution in [0.15, 0.2) is 206 Å². The second-order valence-electron chi connectivity index (χ2n) is 15.9. The number of para-hydroxylation sites is 2. The van der Waals surface area contributed by atoms with Gasteiger partial charge in [0.05, 0.1) is 43.7 Å². The van der Waals surface area contributed by atoms with E-state index in [1.165, 1.54) is 25.6 Å². The molecule has 6 aromatic heterocycles. The number of hydrogen-bond donors (Lipinski definition) is 0. The Labute approximate surface area is 365 Å². The van der Waals surface area contributed by atoms with Gasteiger partial charge >= 0.3 is 0 Å². The third kappa shape index (κ3) is 5.78. The van der Waals surface area contributed by atoms with Crippen LogP contribution in [0.3, 0.4) is 0 Å². The van der Waals surface area contributed by atoms with Gasteiger partial charge in [0, 0.05) is 60.6 Å². The van der Waals surface area contributed by atoms with Crippen LogP contribution in [-0.4, -0.2) is 29.1 Å². The molecule has 0 saturated heterocycles. The topological polar surface area (TPSA) is 61.4 Å². The second kappa shape index (κ2) is 14.2. The summed E-state index contributed by atoms with van der Waals surface area (Å²) in [5.74, 6) is 2.39. The third-order valence-electron chi connectivity index (χ3n) is 12.2. The monoisotopic (exact) mass is 822 g/mol. The molecule has 0 aliphatic carbocycles. The van der Waals surface area contributed by atoms with E-state index in [0.717, 1.165) is 89.2 Å². The fraction of sp³-hybridized carbons (Fsp3) is 0. The van der Waals surface area contributed by atoms with E-state index in [2.05, 4.69) is 179 Å². The van der Waals surface area contributed by atoms with Crippen LogP contribution in [-0.2, 0) is 0 Å². The average molecular weight is 823 g/mol. The van der Waals surface area contributed by atoms with Gasteiger partial charge in [-0.1, -0.05) is 121 Å². The standard InChI is InChI=1S/C56H34N6S/c1-3-13-35(14-4-1)46-34-54(60-56(59-46)36-15-5-2-6-16-36)62-48-21-10-8-18-41(48)43-32-38(25-28-50(43)62)37-24-27-49-42(31-37)40-17-7-9-20-47(40)61(49)53-23-11-19-45(58-53)39-26-29-51-44(33-39)55-52(63-51)22-12-30-57-55/h1-34H. The molecule has 0 aliphatic rings. The molecule has 7 aromatic carbocycles. The lowest BCUT2D eigenvalue weighted by Gasteiger charge is -2.12. The zero-order chi connectivity index (χ0) is 41.4. The number of thiophene rings is 1. The normalized spacial score (nSPS) is 11.8. The zero-order valence-electron chi connectivity index (χ0n) is 33.7. The average Bonchev–Trinajstić information content (AvgIpc) is 4.01. The maximum Gasteiger partial charge on any atom is 0.162 e. The van der Waals surface area contributed by atoms with Crippen LogP contribution in [0, 0.1) is 0 Å². The zero-order valence-corrected chi connectivity index (χ0v) is 34.5. The summed E-state index contributed by atoms with van der Waals surface area (Å²) in [6.07, 6.45) is 1.87. The molecule has 0 fully saturated rings. The molecular weight excluding hydrogens is 789 g/mol. The van der Waals surface area contributed by atoms with E-state index in [1.54, 1.807) is 11.3 Å². The molecule has 0 bridgehead atoms. The van der Waals surface area contributed by atoms with E-state index in [0.29, 0.717) is 5.82 Å². The molecule has 0 N–H and O–H groups in total. The summed E-state index contributed by atoms with van der Waals surface area (Å²) < 4.78 is 7.00. The summed E-state index contributed by atoms with van der Waals surface area (Å²) >= 11 is 1.78. The first-order valence-electron chi connectivity index (χ1n) is 21.0. The van der Waals surface area contributed by atoms with Crippen molar-refractivity contribution in [2.45, 2.75) is 0 Å². The van der Waals surface area contributed by atoms with E-state index in [9.17, 15) is 0 Å². The van der Waals surface area contributed by atoms with Crippen molar-refractivity contribution in [3.05, 3.63) is 206 Å². The summed E-state index contributed by atoms with van der Waals surface area (Å²) in [4.78, 5) is 20.3. The van der Waals surface area contributed by atoms with Gasteiger partial charge in [-0.25, -0.2) is 15.0 Å². The molecule has 6 nitrogen and oxygen atoms in total. The quantitative estimate of drug-likeness (QED) is 0.168. The molecular formula is C56H34N6S. The molecule has 0 radical (unpaired) electrons. The predicted molar refractivity (Wildman–Crippen MR) is 261 cm³/mol. The van der Waals surface area contributed by atoms with Crippen molar-refractivity contribution in [3.63, 3.8) is 0 Å². The second-order valence-corrected chi connectivity index (χ2v) is 17.0. The van der Waals surface area contributed by atoms with Crippen LogP contribution in [0.2, 0.25) is 0 Å². The fourth-order valence-electron chi connectivity index (χ4n) is 9.29. The number of fused-ring (bicyclic) bond motifs is 9. The van der Waals surface area contributed by atoms with Crippen molar-refractivity contribution in [2.75, 3.05) is 0 Å². The molecule has 0 unspecified atom stereocenters. The third-order valence-corrected chi connectivity index (χ3v) is 13.3. The van der Waals surface area contributed by atoms with Crippen molar-refractivity contribution in [2.24, 2.45) is 0 Å². The highest BCUT2D eigenvalue weighted by Crippen LogP contribution is 2.40. The Kier molecular flexibility index (Phi) is 7.98. The lowest BCUT2D eigenvalue weighted by atomic mass is 10.0. The molecule has 0 spiro atoms. The van der Waals surface area contributed by atoms with E-state index < -0.39 is 0 Å². The van der Waals surface area contributed by atoms with Gasteiger partial charge < -0.3 is 0 Å². The molecule has 63 heavy (non-hydrogen) atoms. The summed E-state index contributed by atoms with van der Waals surface area (Å²) in [5.41, 5.74) is 12.6. The van der Waals surface area contributed by atoms with Crippen LogP contribution >= 0.6 is 11.3 Å². The molecule has 0 aliphatic heterocycles. The molecule has 13 aromatic rings. The van der Waals surface area contributed by atoms with Gasteiger partial charge in [-0.05, 0) is 83.9 Å². The lowest BCUT2D eigenvalue weighted by Crippen LogP contribution is -2.02. The van der Waals surface area contributed by atoms with Gasteiger partial charge in [-0.3, -0.25) is 14.1 Å². The Hall–Kier alpha value is -8.26. The molecule has 0 saturated carbocycles. The first kappa shape index (κ1) is 35.5. The first-order valence-corrected chi connectivity index (χ1v) is 21.9. The summed E-state index contributed by atoms with van der Waals surface area (Å²) in [6.45, 7) is 0. The molecule has 7 heteroatoms. The molecule has 13 rings (SSSR count). The van der Waals surface area contributed by atoms with Gasteiger partial charge in [0.2, 0.25) is 0 Å². The number of benzene rings is 7. The Balaban J connectivity index is 0.938. The van der Waals surface area contributed by atoms with E-state index in [-0.39, 0.29) is 0 Å². The fourth-order valence-corrected chi connectivity index (χ4v) is 10.3. The summed E-state index contributed by atoms with van der Waals surface area (Å²) in [5, 5.41) is 5.86. The molecule has 294 valence electrons. The molecule has 0 amide bonds. The predicted octanol–water partition coefficient (Wildman–Crippen LogP) is 14.5. The first-order chi connectivity index (χ1) is 31.2. The largest absolute Gasteiger partial charge is 0.294 e. The van der Waals surface area contributed by atoms with Gasteiger partial charge in [0.15, 0.2) is 5.82 Å². The maximum absolute atomic E-state index is 5.31. The van der Waals surface area contributed by atoms with Crippen LogP contribution in [0.1, 0.15) is 0 Å². The molecule has 6 heterocycles. The minimum atomic E-state index is 0.690. The van der Waals surface area contributed by atoms with Crippen molar-refractivity contribution in [3.8, 4) is 56.7 Å². The van der Waals surface area contributed by atoms with Crippen molar-refractivity contribution >= 4 is 75.3 Å². The lowest BCUT2D eigenvalue weighted by molar-refractivity contribution is 1.05. The minimum Gasteiger partial charge on any atom is -0.294 e. The van der Waals surface area contributed by atoms with Gasteiger partial charge in [0.1, 0.15) is 11.6 Å². The smallest absolute Gasteiger partial charge is 0.162 e. The SMILES string of the molecule is c1ccc(-c2cc(-n3c4ccccc4c4cc(-c5ccc6c(c5)c5ccccc5n6-c5cccc(-c6ccc7sc8cccnc8c7c6)n5)ccc43)nc(-c3ccccc3)n2)cc1. The molecule has 0 atom stereocenters. The summed E-state index contributed by atoms with van der Waals surface area (Å²) in [6, 6.07) is 70.7. The highest BCUT2D eigenvalue weighted by atomic mass is 32.1. The highest BCUT2D eigenvalue weighted by Gasteiger charge is 2.19. The minimum absolute atomic E-state index is 0.690. The number of aromatic nitrogens is 6. The van der Waals surface area contributed by atoms with E-state index >= 15 is 0 Å². The Morgan fingerprint density at radius 3 is 1.65 bits per heavy atom. The number of hydrogen-bond acceptors (Lipinski definition) is 5. The summed E-state index contributed by atoms with van der Waals surface area (Å²) in [7, 11) is 0. The number of rotatable bonds is 6. The Morgan fingerprint density at radius 1 is 0.333 bits per heavy atom. The highest BCUT2D eigenvalue weighted by molar-refractivity contribution is 7.25. The van der Waals surface area contributed by atoms with Crippen molar-refractivity contribution in [1.82, 2.24) is 29.1 Å². The Morgan fingerprint density at radius 2 is 0.937 bits per heavy atom. The van der Waals surface area contributed by atoms with Crippen LogP contribution in [0.5, 0.6) is 0 Å². The van der Waals surface area contributed by atoms with Crippen molar-refractivity contribution in [1.29, 1.82) is 0 Å². The van der Waals surface area contributed by atoms with Gasteiger partial charge in [0.25, 0.3) is 0 Å². The maximum atomic E-state index is 5.31. The van der Waals surface area contributed by atoms with Crippen LogP contribution < -0.4 is 0 Å². The van der Waals surface area contributed by atoms with Crippen molar-refractivity contribution < 1.29 is 0 Å². The van der Waals surface area contributed by atoms with Crippen LogP contribution in [0.25, 0.3) is 121 Å².